The van der Waals surface area contributed by atoms with Crippen molar-refractivity contribution in [1.82, 2.24) is 13.7 Å². The quantitative estimate of drug-likeness (QED) is 0.183. The third kappa shape index (κ3) is 13.1. The van der Waals surface area contributed by atoms with Crippen molar-refractivity contribution >= 4 is 0 Å². The van der Waals surface area contributed by atoms with Crippen LogP contribution in [0.15, 0.2) is 14.4 Å². The largest absolute Gasteiger partial charge is 0.336 e. The lowest BCUT2D eigenvalue weighted by molar-refractivity contribution is 0.199. The first-order valence-electron chi connectivity index (χ1n) is 16.0. The van der Waals surface area contributed by atoms with Gasteiger partial charge in [0.15, 0.2) is 0 Å². The molecule has 0 saturated heterocycles. The van der Waals surface area contributed by atoms with Crippen molar-refractivity contribution in [2.45, 2.75) is 178 Å². The summed E-state index contributed by atoms with van der Waals surface area (Å²) in [6, 6.07) is -0.235. The fourth-order valence-corrected chi connectivity index (χ4v) is 5.40. The average Bonchev–Trinajstić information content (AvgIpc) is 2.79. The molecule has 1 aromatic heterocycles. The molecule has 228 valence electrons. The number of rotatable bonds is 17. The van der Waals surface area contributed by atoms with Crippen molar-refractivity contribution < 1.29 is 0 Å². The first-order valence-corrected chi connectivity index (χ1v) is 16.0. The third-order valence-electron chi connectivity index (χ3n) is 7.85. The second-order valence-electron chi connectivity index (χ2n) is 15.3. The van der Waals surface area contributed by atoms with Gasteiger partial charge in [-0.3, -0.25) is 0 Å². The SMILES string of the molecule is CCCCCC(n1c(=O)n(CCCCCCC(C)(C)C)c(=O)n(CCCCCCC(C)(C)C)c1=O)C(C)(C)C. The molecule has 0 fully saturated rings. The molecule has 39 heavy (non-hydrogen) atoms. The van der Waals surface area contributed by atoms with Crippen LogP contribution in [0.4, 0.5) is 0 Å². The van der Waals surface area contributed by atoms with Crippen LogP contribution in [0.3, 0.4) is 0 Å². The maximum absolute atomic E-state index is 13.8. The predicted octanol–water partition coefficient (Wildman–Crippen LogP) is 8.33. The lowest BCUT2D eigenvalue weighted by Gasteiger charge is -2.32. The number of nitrogens with zero attached hydrogens (tertiary/aromatic N) is 3. The van der Waals surface area contributed by atoms with Crippen molar-refractivity contribution in [2.75, 3.05) is 0 Å². The van der Waals surface area contributed by atoms with Gasteiger partial charge in [0.25, 0.3) is 0 Å². The lowest BCUT2D eigenvalue weighted by Crippen LogP contribution is -2.57. The van der Waals surface area contributed by atoms with E-state index >= 15 is 0 Å². The summed E-state index contributed by atoms with van der Waals surface area (Å²) in [4.78, 5) is 41.0. The maximum Gasteiger partial charge on any atom is 0.336 e. The van der Waals surface area contributed by atoms with E-state index in [4.69, 9.17) is 0 Å². The van der Waals surface area contributed by atoms with Crippen molar-refractivity contribution in [1.29, 1.82) is 0 Å². The Morgan fingerprint density at radius 2 is 0.949 bits per heavy atom. The molecule has 0 radical (unpaired) electrons. The summed E-state index contributed by atoms with van der Waals surface area (Å²) in [5, 5.41) is 0. The molecule has 0 aliphatic heterocycles. The molecule has 1 heterocycles. The number of unbranched alkanes of at least 4 members (excludes halogenated alkanes) is 8. The summed E-state index contributed by atoms with van der Waals surface area (Å²) < 4.78 is 4.17. The van der Waals surface area contributed by atoms with Gasteiger partial charge in [0.2, 0.25) is 0 Å². The maximum atomic E-state index is 13.8. The van der Waals surface area contributed by atoms with E-state index in [1.807, 2.05) is 0 Å². The zero-order chi connectivity index (χ0) is 29.9. The van der Waals surface area contributed by atoms with E-state index in [1.54, 1.807) is 0 Å². The van der Waals surface area contributed by atoms with E-state index in [2.05, 4.69) is 69.2 Å². The number of aromatic nitrogens is 3. The highest BCUT2D eigenvalue weighted by molar-refractivity contribution is 4.88. The molecule has 0 saturated carbocycles. The van der Waals surface area contributed by atoms with Crippen LogP contribution in [0.25, 0.3) is 0 Å². The van der Waals surface area contributed by atoms with Crippen LogP contribution in [0.2, 0.25) is 0 Å². The summed E-state index contributed by atoms with van der Waals surface area (Å²) >= 11 is 0. The van der Waals surface area contributed by atoms with E-state index < -0.39 is 17.1 Å². The van der Waals surface area contributed by atoms with E-state index in [-0.39, 0.29) is 11.5 Å². The molecular formula is C33H63N3O3. The van der Waals surface area contributed by atoms with Crippen LogP contribution in [0.5, 0.6) is 0 Å². The van der Waals surface area contributed by atoms with E-state index in [0.717, 1.165) is 77.0 Å². The Kier molecular flexibility index (Phi) is 14.5. The smallest absolute Gasteiger partial charge is 0.247 e. The molecule has 1 atom stereocenters. The van der Waals surface area contributed by atoms with E-state index in [0.29, 0.717) is 23.9 Å². The van der Waals surface area contributed by atoms with Crippen molar-refractivity contribution in [2.24, 2.45) is 16.2 Å². The topological polar surface area (TPSA) is 66.0 Å². The molecule has 1 rings (SSSR count). The monoisotopic (exact) mass is 549 g/mol. The Morgan fingerprint density at radius 1 is 0.538 bits per heavy atom. The van der Waals surface area contributed by atoms with Crippen molar-refractivity contribution in [3.8, 4) is 0 Å². The fourth-order valence-electron chi connectivity index (χ4n) is 5.40. The van der Waals surface area contributed by atoms with Gasteiger partial charge in [0.05, 0.1) is 0 Å². The molecule has 1 unspecified atom stereocenters. The molecule has 1 aromatic rings. The van der Waals surface area contributed by atoms with Crippen LogP contribution in [-0.4, -0.2) is 13.7 Å². The molecule has 0 aromatic carbocycles. The third-order valence-corrected chi connectivity index (χ3v) is 7.85. The van der Waals surface area contributed by atoms with Gasteiger partial charge in [0.1, 0.15) is 0 Å². The number of hydrogen-bond acceptors (Lipinski definition) is 3. The van der Waals surface area contributed by atoms with E-state index in [9.17, 15) is 14.4 Å². The highest BCUT2D eigenvalue weighted by atomic mass is 16.2. The second kappa shape index (κ2) is 16.0. The molecule has 6 heteroatoms. The minimum absolute atomic E-state index is 0.235. The highest BCUT2D eigenvalue weighted by Gasteiger charge is 2.30. The minimum atomic E-state index is -0.424. The van der Waals surface area contributed by atoms with Crippen LogP contribution in [-0.2, 0) is 13.1 Å². The Bertz CT molecular complexity index is 945. The Labute approximate surface area is 239 Å². The number of hydrogen-bond donors (Lipinski definition) is 0. The van der Waals surface area contributed by atoms with Gasteiger partial charge in [-0.15, -0.1) is 0 Å². The zero-order valence-corrected chi connectivity index (χ0v) is 27.5. The van der Waals surface area contributed by atoms with Gasteiger partial charge in [-0.25, -0.2) is 28.1 Å². The van der Waals surface area contributed by atoms with Crippen molar-refractivity contribution in [3.05, 3.63) is 31.5 Å². The molecule has 0 aliphatic carbocycles. The standard InChI is InChI=1S/C33H63N3O3/c1-11-12-17-22-27(33(8,9)10)36-29(38)34(25-20-15-13-18-23-31(2,3)4)28(37)35(30(36)39)26-21-16-14-19-24-32(5,6)7/h27H,11-26H2,1-10H3. The summed E-state index contributed by atoms with van der Waals surface area (Å²) in [5.41, 5.74) is -0.877. The molecule has 0 amide bonds. The molecule has 0 bridgehead atoms. The summed E-state index contributed by atoms with van der Waals surface area (Å²) in [5.74, 6) is 0. The molecule has 0 N–H and O–H groups in total. The van der Waals surface area contributed by atoms with Gasteiger partial charge >= 0.3 is 17.1 Å². The van der Waals surface area contributed by atoms with Crippen LogP contribution < -0.4 is 17.1 Å². The summed E-state index contributed by atoms with van der Waals surface area (Å²) in [6.45, 7) is 22.8. The first-order chi connectivity index (χ1) is 18.0. The van der Waals surface area contributed by atoms with Crippen LogP contribution in [0.1, 0.15) is 165 Å². The van der Waals surface area contributed by atoms with Gasteiger partial charge in [-0.05, 0) is 48.3 Å². The first kappa shape index (κ1) is 35.4. The fraction of sp³-hybridized carbons (Fsp3) is 0.909. The zero-order valence-electron chi connectivity index (χ0n) is 27.5. The average molecular weight is 550 g/mol. The Balaban J connectivity index is 3.23. The Morgan fingerprint density at radius 3 is 1.31 bits per heavy atom. The van der Waals surface area contributed by atoms with Crippen LogP contribution in [0, 0.1) is 16.2 Å². The van der Waals surface area contributed by atoms with Crippen molar-refractivity contribution in [3.63, 3.8) is 0 Å². The Hall–Kier alpha value is -1.59. The minimum Gasteiger partial charge on any atom is -0.247 e. The molecular weight excluding hydrogens is 486 g/mol. The lowest BCUT2D eigenvalue weighted by atomic mass is 9.83. The molecule has 0 spiro atoms. The second-order valence-corrected chi connectivity index (χ2v) is 15.3. The normalized spacial score (nSPS) is 13.7. The van der Waals surface area contributed by atoms with E-state index in [1.165, 1.54) is 26.5 Å². The van der Waals surface area contributed by atoms with Gasteiger partial charge < -0.3 is 0 Å². The van der Waals surface area contributed by atoms with Crippen LogP contribution >= 0.6 is 0 Å². The summed E-state index contributed by atoms with van der Waals surface area (Å²) in [6.07, 6.45) is 14.2. The van der Waals surface area contributed by atoms with Gasteiger partial charge in [-0.2, -0.15) is 0 Å². The summed E-state index contributed by atoms with van der Waals surface area (Å²) in [7, 11) is 0. The molecule has 6 nitrogen and oxygen atoms in total. The molecule has 0 aliphatic rings. The highest BCUT2D eigenvalue weighted by Crippen LogP contribution is 2.33. The van der Waals surface area contributed by atoms with Gasteiger partial charge in [0, 0.05) is 19.1 Å². The predicted molar refractivity (Wildman–Crippen MR) is 167 cm³/mol. The van der Waals surface area contributed by atoms with Gasteiger partial charge in [-0.1, -0.05) is 127 Å².